The summed E-state index contributed by atoms with van der Waals surface area (Å²) < 4.78 is 17.3. The molecule has 0 bridgehead atoms. The number of carbonyl (C=O) groups excluding carboxylic acids is 2. The Bertz CT molecular complexity index is 821. The van der Waals surface area contributed by atoms with E-state index in [0.29, 0.717) is 19.4 Å². The highest BCUT2D eigenvalue weighted by atomic mass is 16.6. The monoisotopic (exact) mass is 761 g/mol. The molecule has 0 N–H and O–H groups in total. The molecule has 5 nitrogen and oxygen atoms in total. The minimum Gasteiger partial charge on any atom is -0.462 e. The molecular weight excluding hydrogens is 669 g/mol. The maximum absolute atomic E-state index is 12.7. The third-order valence-corrected chi connectivity index (χ3v) is 10.5. The van der Waals surface area contributed by atoms with Gasteiger partial charge in [0.1, 0.15) is 6.61 Å². The summed E-state index contributed by atoms with van der Waals surface area (Å²) in [6.45, 7) is 7.80. The highest BCUT2D eigenvalue weighted by Gasteiger charge is 2.17. The number of esters is 2. The van der Waals surface area contributed by atoms with E-state index < -0.39 is 6.10 Å². The number of allylic oxidation sites excluding steroid dienone is 4. The summed E-state index contributed by atoms with van der Waals surface area (Å²) >= 11 is 0. The third-order valence-electron chi connectivity index (χ3n) is 10.5. The van der Waals surface area contributed by atoms with E-state index >= 15 is 0 Å². The first kappa shape index (κ1) is 52.4. The fourth-order valence-electron chi connectivity index (χ4n) is 6.85. The Labute approximate surface area is 337 Å². The summed E-state index contributed by atoms with van der Waals surface area (Å²) in [7, 11) is 0. The molecule has 0 rings (SSSR count). The first-order chi connectivity index (χ1) is 26.6. The van der Waals surface area contributed by atoms with Crippen LogP contribution in [0.3, 0.4) is 0 Å². The van der Waals surface area contributed by atoms with Gasteiger partial charge in [-0.1, -0.05) is 193 Å². The largest absolute Gasteiger partial charge is 0.462 e. The smallest absolute Gasteiger partial charge is 0.306 e. The van der Waals surface area contributed by atoms with E-state index in [1.165, 1.54) is 167 Å². The standard InChI is InChI=1S/C49H92O5/c1-4-7-10-13-16-19-22-24-26-29-32-35-38-41-44-52-45-47(54-49(51)43-40-37-34-31-27-21-18-15-12-9-6-3)46-53-48(50)42-39-36-33-30-28-25-23-20-17-14-11-8-5-2/h19-20,22-23,47H,4-18,21,24-46H2,1-3H3/b22-19-,23-20-. The number of hydrogen-bond acceptors (Lipinski definition) is 5. The van der Waals surface area contributed by atoms with E-state index in [9.17, 15) is 9.59 Å². The van der Waals surface area contributed by atoms with E-state index in [0.717, 1.165) is 51.4 Å². The SMILES string of the molecule is CCCCCC/C=C\CCCCCCCCOCC(COC(=O)CCCCCCC/C=C\CCCCCC)OC(=O)CCCCCCCCCCCCC. The molecule has 318 valence electrons. The second kappa shape index (κ2) is 45.8. The predicted octanol–water partition coefficient (Wildman–Crippen LogP) is 15.7. The van der Waals surface area contributed by atoms with Crippen LogP contribution in [0.15, 0.2) is 24.3 Å². The Morgan fingerprint density at radius 3 is 1.15 bits per heavy atom. The van der Waals surface area contributed by atoms with Crippen LogP contribution in [0.1, 0.15) is 252 Å². The maximum atomic E-state index is 12.7. The molecule has 54 heavy (non-hydrogen) atoms. The van der Waals surface area contributed by atoms with Gasteiger partial charge in [0.05, 0.1) is 6.61 Å². The zero-order chi connectivity index (χ0) is 39.3. The first-order valence-electron chi connectivity index (χ1n) is 23.9. The van der Waals surface area contributed by atoms with E-state index in [-0.39, 0.29) is 25.2 Å². The molecule has 1 atom stereocenters. The van der Waals surface area contributed by atoms with Crippen molar-refractivity contribution in [3.63, 3.8) is 0 Å². The molecule has 0 radical (unpaired) electrons. The van der Waals surface area contributed by atoms with Crippen LogP contribution in [0, 0.1) is 0 Å². The van der Waals surface area contributed by atoms with Crippen LogP contribution < -0.4 is 0 Å². The van der Waals surface area contributed by atoms with Gasteiger partial charge in [0.15, 0.2) is 6.10 Å². The van der Waals surface area contributed by atoms with E-state index in [2.05, 4.69) is 45.1 Å². The Hall–Kier alpha value is -1.62. The third kappa shape index (κ3) is 43.1. The molecule has 0 aliphatic heterocycles. The molecule has 1 unspecified atom stereocenters. The van der Waals surface area contributed by atoms with Crippen molar-refractivity contribution in [1.29, 1.82) is 0 Å². The number of carbonyl (C=O) groups is 2. The van der Waals surface area contributed by atoms with Gasteiger partial charge in [0.2, 0.25) is 0 Å². The molecule has 0 amide bonds. The van der Waals surface area contributed by atoms with Gasteiger partial charge in [-0.05, 0) is 70.6 Å². The average Bonchev–Trinajstić information content (AvgIpc) is 3.17. The lowest BCUT2D eigenvalue weighted by Gasteiger charge is -2.18. The van der Waals surface area contributed by atoms with Crippen LogP contribution in [0.5, 0.6) is 0 Å². The van der Waals surface area contributed by atoms with Crippen LogP contribution in [-0.4, -0.2) is 37.9 Å². The molecule has 0 aromatic carbocycles. The fraction of sp³-hybridized carbons (Fsp3) is 0.878. The number of hydrogen-bond donors (Lipinski definition) is 0. The van der Waals surface area contributed by atoms with Crippen molar-refractivity contribution in [3.05, 3.63) is 24.3 Å². The summed E-state index contributed by atoms with van der Waals surface area (Å²) in [4.78, 5) is 25.2. The molecule has 0 spiro atoms. The Morgan fingerprint density at radius 2 is 0.722 bits per heavy atom. The topological polar surface area (TPSA) is 61.8 Å². The Balaban J connectivity index is 4.24. The van der Waals surface area contributed by atoms with Gasteiger partial charge in [-0.15, -0.1) is 0 Å². The van der Waals surface area contributed by atoms with Crippen molar-refractivity contribution in [2.75, 3.05) is 19.8 Å². The average molecular weight is 761 g/mol. The van der Waals surface area contributed by atoms with Gasteiger partial charge in [-0.2, -0.15) is 0 Å². The van der Waals surface area contributed by atoms with Gasteiger partial charge in [-0.25, -0.2) is 0 Å². The normalized spacial score (nSPS) is 12.3. The van der Waals surface area contributed by atoms with Crippen molar-refractivity contribution < 1.29 is 23.8 Å². The maximum Gasteiger partial charge on any atom is 0.306 e. The minimum absolute atomic E-state index is 0.0841. The van der Waals surface area contributed by atoms with Crippen LogP contribution >= 0.6 is 0 Å². The van der Waals surface area contributed by atoms with Gasteiger partial charge in [0, 0.05) is 19.4 Å². The minimum atomic E-state index is -0.534. The molecule has 0 aromatic heterocycles. The zero-order valence-corrected chi connectivity index (χ0v) is 36.5. The van der Waals surface area contributed by atoms with Crippen molar-refractivity contribution in [2.45, 2.75) is 258 Å². The van der Waals surface area contributed by atoms with Crippen molar-refractivity contribution >= 4 is 11.9 Å². The van der Waals surface area contributed by atoms with E-state index in [4.69, 9.17) is 14.2 Å². The number of unbranched alkanes of at least 4 members (excludes halogenated alkanes) is 29. The summed E-state index contributed by atoms with van der Waals surface area (Å²) in [5, 5.41) is 0. The fourth-order valence-corrected chi connectivity index (χ4v) is 6.85. The lowest BCUT2D eigenvalue weighted by atomic mass is 10.1. The van der Waals surface area contributed by atoms with Crippen molar-refractivity contribution in [2.24, 2.45) is 0 Å². The predicted molar refractivity (Wildman–Crippen MR) is 233 cm³/mol. The van der Waals surface area contributed by atoms with Gasteiger partial charge in [0.25, 0.3) is 0 Å². The van der Waals surface area contributed by atoms with Crippen LogP contribution in [0.2, 0.25) is 0 Å². The Kier molecular flexibility index (Phi) is 44.4. The second-order valence-corrected chi connectivity index (χ2v) is 16.0. The molecule has 0 aliphatic rings. The van der Waals surface area contributed by atoms with Crippen LogP contribution in [-0.2, 0) is 23.8 Å². The van der Waals surface area contributed by atoms with Gasteiger partial charge < -0.3 is 14.2 Å². The van der Waals surface area contributed by atoms with Gasteiger partial charge in [-0.3, -0.25) is 9.59 Å². The van der Waals surface area contributed by atoms with Crippen LogP contribution in [0.25, 0.3) is 0 Å². The molecule has 0 saturated heterocycles. The molecular formula is C49H92O5. The highest BCUT2D eigenvalue weighted by molar-refractivity contribution is 5.70. The summed E-state index contributed by atoms with van der Waals surface area (Å²) in [5.74, 6) is -0.400. The molecule has 5 heteroatoms. The molecule has 0 heterocycles. The summed E-state index contributed by atoms with van der Waals surface area (Å²) in [6.07, 6.45) is 51.7. The molecule has 0 aromatic rings. The second-order valence-electron chi connectivity index (χ2n) is 16.0. The lowest BCUT2D eigenvalue weighted by molar-refractivity contribution is -0.163. The number of rotatable bonds is 44. The summed E-state index contributed by atoms with van der Waals surface area (Å²) in [6, 6.07) is 0. The van der Waals surface area contributed by atoms with Crippen molar-refractivity contribution in [1.82, 2.24) is 0 Å². The Morgan fingerprint density at radius 1 is 0.389 bits per heavy atom. The highest BCUT2D eigenvalue weighted by Crippen LogP contribution is 2.14. The first-order valence-corrected chi connectivity index (χ1v) is 23.9. The number of ether oxygens (including phenoxy) is 3. The van der Waals surface area contributed by atoms with Crippen molar-refractivity contribution in [3.8, 4) is 0 Å². The molecule has 0 aliphatic carbocycles. The van der Waals surface area contributed by atoms with E-state index in [1.54, 1.807) is 0 Å². The molecule has 0 fully saturated rings. The summed E-state index contributed by atoms with van der Waals surface area (Å²) in [5.41, 5.74) is 0. The quantitative estimate of drug-likeness (QED) is 0.0352. The van der Waals surface area contributed by atoms with Crippen LogP contribution in [0.4, 0.5) is 0 Å². The van der Waals surface area contributed by atoms with Gasteiger partial charge >= 0.3 is 11.9 Å². The van der Waals surface area contributed by atoms with E-state index in [1.807, 2.05) is 0 Å². The lowest BCUT2D eigenvalue weighted by Crippen LogP contribution is -2.30. The zero-order valence-electron chi connectivity index (χ0n) is 36.5. The molecule has 0 saturated carbocycles.